The van der Waals surface area contributed by atoms with Gasteiger partial charge < -0.3 is 0 Å². The molecule has 0 aromatic rings. The molecule has 0 fully saturated rings. The van der Waals surface area contributed by atoms with Gasteiger partial charge in [0.25, 0.3) is 0 Å². The molecule has 0 aromatic carbocycles. The van der Waals surface area contributed by atoms with Crippen molar-refractivity contribution in [1.82, 2.24) is 0 Å². The van der Waals surface area contributed by atoms with E-state index in [0.717, 1.165) is 0 Å². The predicted molar refractivity (Wildman–Crippen MR) is 78.0 cm³/mol. The van der Waals surface area contributed by atoms with E-state index in [2.05, 4.69) is 27.7 Å². The van der Waals surface area contributed by atoms with Gasteiger partial charge in [-0.25, -0.2) is 0 Å². The first-order valence-corrected chi connectivity index (χ1v) is 10.6. The van der Waals surface area contributed by atoms with Crippen LogP contribution in [0.4, 0.5) is 0 Å². The van der Waals surface area contributed by atoms with Gasteiger partial charge in [-0.1, -0.05) is 0 Å². The molecule has 0 saturated heterocycles. The molecule has 0 aliphatic rings. The molecule has 0 aliphatic heterocycles. The van der Waals surface area contributed by atoms with Gasteiger partial charge in [0, 0.05) is 0 Å². The summed E-state index contributed by atoms with van der Waals surface area (Å²) in [6.07, 6.45) is 11.9. The van der Waals surface area contributed by atoms with Crippen molar-refractivity contribution in [2.75, 3.05) is 24.6 Å². The number of unbranched alkanes of at least 4 members (excludes halogenated alkanes) is 4. The molecule has 0 amide bonds. The van der Waals surface area contributed by atoms with E-state index in [4.69, 9.17) is 11.2 Å². The van der Waals surface area contributed by atoms with Crippen LogP contribution in [0.25, 0.3) is 0 Å². The second kappa shape index (κ2) is 7.13. The van der Waals surface area contributed by atoms with Crippen molar-refractivity contribution < 1.29 is 0 Å². The molecule has 0 saturated carbocycles. The van der Waals surface area contributed by atoms with Crippen LogP contribution in [0, 0.1) is 0 Å². The zero-order valence-corrected chi connectivity index (χ0v) is 12.8. The second-order valence-corrected chi connectivity index (χ2v) is 13.8. The molecule has 0 unspecified atom stereocenters. The Morgan fingerprint density at radius 3 is 1.60 bits per heavy atom. The van der Waals surface area contributed by atoms with Crippen LogP contribution in [0.15, 0.2) is 0 Å². The van der Waals surface area contributed by atoms with Gasteiger partial charge in [0.15, 0.2) is 0 Å². The Morgan fingerprint density at radius 1 is 0.733 bits per heavy atom. The molecular weight excluding hydrogens is 223 g/mol. The van der Waals surface area contributed by atoms with Crippen molar-refractivity contribution in [2.24, 2.45) is 0 Å². The van der Waals surface area contributed by atoms with Gasteiger partial charge in [0.2, 0.25) is 0 Å². The van der Waals surface area contributed by atoms with E-state index in [1.165, 1.54) is 56.8 Å². The van der Waals surface area contributed by atoms with E-state index in [9.17, 15) is 0 Å². The summed E-state index contributed by atoms with van der Waals surface area (Å²) in [6.45, 7) is 9.16. The van der Waals surface area contributed by atoms with Gasteiger partial charge in [-0.2, -0.15) is 0 Å². The molecule has 0 radical (unpaired) electrons. The number of halogens is 1. The summed E-state index contributed by atoms with van der Waals surface area (Å²) in [7, 11) is 0. The van der Waals surface area contributed by atoms with E-state index in [1.807, 2.05) is 0 Å². The van der Waals surface area contributed by atoms with Crippen molar-refractivity contribution in [3.05, 3.63) is 0 Å². The zero-order chi connectivity index (χ0) is 11.8. The third kappa shape index (κ3) is 5.05. The first-order valence-electron chi connectivity index (χ1n) is 6.76. The number of hydrogen-bond acceptors (Lipinski definition) is 0. The Labute approximate surface area is 102 Å². The first-order chi connectivity index (χ1) is 7.04. The summed E-state index contributed by atoms with van der Waals surface area (Å²) >= 11 is 6.99. The second-order valence-electron chi connectivity index (χ2n) is 4.91. The molecule has 0 bridgehead atoms. The maximum atomic E-state index is 6.99. The quantitative estimate of drug-likeness (QED) is 0.363. The van der Waals surface area contributed by atoms with Crippen LogP contribution < -0.4 is 0 Å². The minimum atomic E-state index is -1.77. The van der Waals surface area contributed by atoms with Gasteiger partial charge in [0.05, 0.1) is 0 Å². The third-order valence-corrected chi connectivity index (χ3v) is 13.0. The number of hydrogen-bond donors (Lipinski definition) is 0. The average Bonchev–Trinajstić information content (AvgIpc) is 2.29. The Kier molecular flexibility index (Phi) is 7.47. The van der Waals surface area contributed by atoms with Crippen LogP contribution in [0.2, 0.25) is 0 Å². The van der Waals surface area contributed by atoms with Crippen molar-refractivity contribution in [3.63, 3.8) is 0 Å². The van der Waals surface area contributed by atoms with Crippen LogP contribution in [0.1, 0.15) is 59.8 Å². The molecule has 0 rings (SSSR count). The Bertz CT molecular complexity index is 153. The van der Waals surface area contributed by atoms with Crippen LogP contribution in [0.3, 0.4) is 0 Å². The van der Waals surface area contributed by atoms with Crippen LogP contribution >= 0.6 is 17.2 Å². The molecule has 94 valence electrons. The molecule has 0 atom stereocenters. The van der Waals surface area contributed by atoms with Gasteiger partial charge in [-0.15, -0.1) is 0 Å². The standard InChI is InChI=1S/C13H30ClP/c1-5-9-10-11-12-13-15(14,6-2,7-3)8-4/h5-13H2,1-4H3. The Hall–Kier alpha value is 0.720. The van der Waals surface area contributed by atoms with E-state index in [-0.39, 0.29) is 0 Å². The van der Waals surface area contributed by atoms with Gasteiger partial charge in [-0.05, 0) is 0 Å². The molecule has 0 aromatic heterocycles. The van der Waals surface area contributed by atoms with Crippen LogP contribution in [-0.2, 0) is 0 Å². The molecular formula is C13H30ClP. The van der Waals surface area contributed by atoms with Gasteiger partial charge >= 0.3 is 102 Å². The summed E-state index contributed by atoms with van der Waals surface area (Å²) in [5.74, 6) is -1.77. The molecule has 2 heteroatoms. The summed E-state index contributed by atoms with van der Waals surface area (Å²) in [6, 6.07) is 0. The summed E-state index contributed by atoms with van der Waals surface area (Å²) in [5, 5.41) is 0. The summed E-state index contributed by atoms with van der Waals surface area (Å²) in [5.41, 5.74) is 0. The van der Waals surface area contributed by atoms with Gasteiger partial charge in [-0.3, -0.25) is 0 Å². The summed E-state index contributed by atoms with van der Waals surface area (Å²) in [4.78, 5) is 0. The molecule has 15 heavy (non-hydrogen) atoms. The molecule has 0 heterocycles. The van der Waals surface area contributed by atoms with E-state index >= 15 is 0 Å². The molecule has 0 aliphatic carbocycles. The minimum absolute atomic E-state index is 1.23. The average molecular weight is 253 g/mol. The Morgan fingerprint density at radius 2 is 1.20 bits per heavy atom. The zero-order valence-electron chi connectivity index (χ0n) is 11.2. The SMILES string of the molecule is CCCCCCCP(Cl)(CC)(CC)CC. The van der Waals surface area contributed by atoms with Crippen molar-refractivity contribution in [1.29, 1.82) is 0 Å². The van der Waals surface area contributed by atoms with Crippen molar-refractivity contribution >= 4 is 17.2 Å². The fourth-order valence-corrected chi connectivity index (χ4v) is 5.92. The molecule has 0 nitrogen and oxygen atoms in total. The number of rotatable bonds is 9. The fraction of sp³-hybridized carbons (Fsp3) is 1.00. The third-order valence-electron chi connectivity index (χ3n) is 4.19. The molecule has 0 N–H and O–H groups in total. The van der Waals surface area contributed by atoms with E-state index in [0.29, 0.717) is 0 Å². The fourth-order valence-electron chi connectivity index (χ4n) is 2.26. The predicted octanol–water partition coefficient (Wildman–Crippen LogP) is 5.72. The Balaban J connectivity index is 3.98. The van der Waals surface area contributed by atoms with Gasteiger partial charge in [0.1, 0.15) is 0 Å². The normalized spacial score (nSPS) is 14.9. The summed E-state index contributed by atoms with van der Waals surface area (Å²) < 4.78 is 0. The van der Waals surface area contributed by atoms with Crippen molar-refractivity contribution in [3.8, 4) is 0 Å². The monoisotopic (exact) mass is 252 g/mol. The molecule has 0 spiro atoms. The van der Waals surface area contributed by atoms with Crippen LogP contribution in [-0.4, -0.2) is 24.6 Å². The van der Waals surface area contributed by atoms with E-state index in [1.54, 1.807) is 0 Å². The van der Waals surface area contributed by atoms with Crippen molar-refractivity contribution in [2.45, 2.75) is 59.8 Å². The maximum absolute atomic E-state index is 6.99. The topological polar surface area (TPSA) is 0 Å². The van der Waals surface area contributed by atoms with E-state index < -0.39 is 5.96 Å². The first kappa shape index (κ1) is 15.7. The van der Waals surface area contributed by atoms with Crippen LogP contribution in [0.5, 0.6) is 0 Å².